The molecule has 0 atom stereocenters. The van der Waals surface area contributed by atoms with Crippen LogP contribution in [0.5, 0.6) is 5.75 Å². The van der Waals surface area contributed by atoms with E-state index in [4.69, 9.17) is 27.9 Å². The highest BCUT2D eigenvalue weighted by Crippen LogP contribution is 2.27. The second-order valence-corrected chi connectivity index (χ2v) is 8.30. The number of halogens is 2. The first-order chi connectivity index (χ1) is 12.8. The predicted molar refractivity (Wildman–Crippen MR) is 107 cm³/mol. The molecule has 0 aliphatic heterocycles. The van der Waals surface area contributed by atoms with Crippen molar-refractivity contribution in [3.63, 3.8) is 0 Å². The van der Waals surface area contributed by atoms with Gasteiger partial charge in [-0.15, -0.1) is 0 Å². The molecule has 0 radical (unpaired) electrons. The number of sulfonamides is 1. The Morgan fingerprint density at radius 2 is 1.70 bits per heavy atom. The topological polar surface area (TPSA) is 75.7 Å². The van der Waals surface area contributed by atoms with Gasteiger partial charge in [0, 0.05) is 18.1 Å². The molecule has 0 saturated heterocycles. The molecule has 0 unspecified atom stereocenters. The Bertz CT molecular complexity index is 898. The van der Waals surface area contributed by atoms with Crippen LogP contribution in [0, 0.1) is 0 Å². The summed E-state index contributed by atoms with van der Waals surface area (Å²) < 4.78 is 31.9. The lowest BCUT2D eigenvalue weighted by Gasteiger charge is -2.19. The summed E-state index contributed by atoms with van der Waals surface area (Å²) in [6.45, 7) is 3.95. The van der Waals surface area contributed by atoms with Crippen LogP contribution in [-0.4, -0.2) is 38.3 Å². The number of nitrogens with zero attached hydrogens (tertiary/aromatic N) is 1. The van der Waals surface area contributed by atoms with Crippen molar-refractivity contribution in [1.82, 2.24) is 4.31 Å². The van der Waals surface area contributed by atoms with Crippen LogP contribution in [0.3, 0.4) is 0 Å². The minimum absolute atomic E-state index is 0.0597. The van der Waals surface area contributed by atoms with Gasteiger partial charge in [-0.05, 0) is 42.5 Å². The van der Waals surface area contributed by atoms with Gasteiger partial charge in [-0.2, -0.15) is 4.31 Å². The molecule has 146 valence electrons. The van der Waals surface area contributed by atoms with Crippen LogP contribution >= 0.6 is 23.2 Å². The smallest absolute Gasteiger partial charge is 0.262 e. The average Bonchev–Trinajstić information content (AvgIpc) is 2.63. The van der Waals surface area contributed by atoms with Crippen molar-refractivity contribution in [2.24, 2.45) is 0 Å². The molecule has 0 aromatic heterocycles. The maximum atomic E-state index is 12.6. The zero-order valence-electron chi connectivity index (χ0n) is 14.9. The molecule has 0 saturated carbocycles. The van der Waals surface area contributed by atoms with Gasteiger partial charge in [0.15, 0.2) is 6.61 Å². The Labute approximate surface area is 169 Å². The normalized spacial score (nSPS) is 11.4. The molecular formula is C18H20Cl2N2O4S. The Morgan fingerprint density at radius 3 is 2.30 bits per heavy atom. The number of carbonyl (C=O) groups excluding carboxylic acids is 1. The molecule has 1 N–H and O–H groups in total. The fourth-order valence-electron chi connectivity index (χ4n) is 2.34. The summed E-state index contributed by atoms with van der Waals surface area (Å²) in [5.41, 5.74) is 0.203. The van der Waals surface area contributed by atoms with Gasteiger partial charge >= 0.3 is 0 Å². The van der Waals surface area contributed by atoms with E-state index in [1.54, 1.807) is 38.1 Å². The number of rotatable bonds is 8. The molecule has 0 fully saturated rings. The molecule has 0 bridgehead atoms. The summed E-state index contributed by atoms with van der Waals surface area (Å²) in [4.78, 5) is 12.2. The van der Waals surface area contributed by atoms with Crippen molar-refractivity contribution >= 4 is 44.8 Å². The Balaban J connectivity index is 2.11. The van der Waals surface area contributed by atoms with Crippen molar-refractivity contribution in [3.8, 4) is 5.75 Å². The quantitative estimate of drug-likeness (QED) is 0.685. The molecular weight excluding hydrogens is 411 g/mol. The van der Waals surface area contributed by atoms with Gasteiger partial charge in [0.1, 0.15) is 5.75 Å². The molecule has 9 heteroatoms. The molecule has 2 rings (SSSR count). The van der Waals surface area contributed by atoms with Crippen LogP contribution in [0.25, 0.3) is 0 Å². The first-order valence-electron chi connectivity index (χ1n) is 8.25. The van der Waals surface area contributed by atoms with E-state index < -0.39 is 15.9 Å². The van der Waals surface area contributed by atoms with Gasteiger partial charge in [0.05, 0.1) is 15.6 Å². The Morgan fingerprint density at radius 1 is 1.07 bits per heavy atom. The third-order valence-corrected chi connectivity index (χ3v) is 6.37. The van der Waals surface area contributed by atoms with Crippen molar-refractivity contribution < 1.29 is 17.9 Å². The number of ether oxygens (including phenoxy) is 1. The summed E-state index contributed by atoms with van der Waals surface area (Å²) in [6.07, 6.45) is 0. The highest BCUT2D eigenvalue weighted by molar-refractivity contribution is 7.89. The number of nitrogens with one attached hydrogen (secondary N) is 1. The maximum absolute atomic E-state index is 12.6. The van der Waals surface area contributed by atoms with E-state index in [-0.39, 0.29) is 22.2 Å². The van der Waals surface area contributed by atoms with Gasteiger partial charge in [-0.3, -0.25) is 4.79 Å². The molecule has 0 heterocycles. The number of amides is 1. The average molecular weight is 431 g/mol. The monoisotopic (exact) mass is 430 g/mol. The van der Waals surface area contributed by atoms with Crippen molar-refractivity contribution in [3.05, 3.63) is 52.5 Å². The SMILES string of the molecule is CCN(CC)S(=O)(=O)c1ccc(Cl)c(NC(=O)COc2ccc(Cl)cc2)c1. The maximum Gasteiger partial charge on any atom is 0.262 e. The standard InChI is InChI=1S/C18H20Cl2N2O4S/c1-3-22(4-2)27(24,25)15-9-10-16(20)17(11-15)21-18(23)12-26-14-7-5-13(19)6-8-14/h5-11H,3-4,12H2,1-2H3,(H,21,23). The van der Waals surface area contributed by atoms with Crippen LogP contribution in [0.4, 0.5) is 5.69 Å². The molecule has 0 spiro atoms. The molecule has 27 heavy (non-hydrogen) atoms. The zero-order valence-corrected chi connectivity index (χ0v) is 17.2. The van der Waals surface area contributed by atoms with Gasteiger partial charge in [-0.25, -0.2) is 8.42 Å². The fraction of sp³-hybridized carbons (Fsp3) is 0.278. The minimum Gasteiger partial charge on any atom is -0.484 e. The number of anilines is 1. The van der Waals surface area contributed by atoms with E-state index in [9.17, 15) is 13.2 Å². The van der Waals surface area contributed by atoms with Gasteiger partial charge < -0.3 is 10.1 Å². The van der Waals surface area contributed by atoms with Crippen LogP contribution in [0.1, 0.15) is 13.8 Å². The highest BCUT2D eigenvalue weighted by Gasteiger charge is 2.22. The van der Waals surface area contributed by atoms with Crippen LogP contribution in [0.2, 0.25) is 10.0 Å². The number of hydrogen-bond acceptors (Lipinski definition) is 4. The Kier molecular flexibility index (Phi) is 7.49. The van der Waals surface area contributed by atoms with E-state index in [1.807, 2.05) is 0 Å². The van der Waals surface area contributed by atoms with Crippen LogP contribution in [0.15, 0.2) is 47.4 Å². The predicted octanol–water partition coefficient (Wildman–Crippen LogP) is 4.04. The fourth-order valence-corrected chi connectivity index (χ4v) is 4.11. The minimum atomic E-state index is -3.66. The lowest BCUT2D eigenvalue weighted by molar-refractivity contribution is -0.118. The lowest BCUT2D eigenvalue weighted by Crippen LogP contribution is -2.30. The second-order valence-electron chi connectivity index (χ2n) is 5.52. The molecule has 1 amide bonds. The highest BCUT2D eigenvalue weighted by atomic mass is 35.5. The van der Waals surface area contributed by atoms with Crippen LogP contribution in [-0.2, 0) is 14.8 Å². The molecule has 2 aromatic rings. The lowest BCUT2D eigenvalue weighted by atomic mass is 10.3. The summed E-state index contributed by atoms with van der Waals surface area (Å²) in [5, 5.41) is 3.36. The summed E-state index contributed by atoms with van der Waals surface area (Å²) >= 11 is 11.9. The first kappa shape index (κ1) is 21.5. The van der Waals surface area contributed by atoms with Gasteiger partial charge in [0.2, 0.25) is 10.0 Å². The van der Waals surface area contributed by atoms with Crippen molar-refractivity contribution in [2.45, 2.75) is 18.7 Å². The van der Waals surface area contributed by atoms with Crippen molar-refractivity contribution in [2.75, 3.05) is 25.0 Å². The number of benzene rings is 2. The summed E-state index contributed by atoms with van der Waals surface area (Å²) in [6, 6.07) is 10.8. The van der Waals surface area contributed by atoms with Gasteiger partial charge in [0.25, 0.3) is 5.91 Å². The van der Waals surface area contributed by atoms with E-state index in [0.29, 0.717) is 23.9 Å². The third kappa shape index (κ3) is 5.59. The number of hydrogen-bond donors (Lipinski definition) is 1. The first-order valence-corrected chi connectivity index (χ1v) is 10.5. The van der Waals surface area contributed by atoms with E-state index in [1.165, 1.54) is 22.5 Å². The Hall–Kier alpha value is -1.80. The molecule has 0 aliphatic carbocycles. The van der Waals surface area contributed by atoms with Crippen molar-refractivity contribution in [1.29, 1.82) is 0 Å². The largest absolute Gasteiger partial charge is 0.484 e. The molecule has 6 nitrogen and oxygen atoms in total. The molecule has 0 aliphatic rings. The molecule has 2 aromatic carbocycles. The number of carbonyl (C=O) groups is 1. The summed E-state index contributed by atoms with van der Waals surface area (Å²) in [5.74, 6) is 0.0164. The zero-order chi connectivity index (χ0) is 20.0. The van der Waals surface area contributed by atoms with E-state index in [0.717, 1.165) is 0 Å². The van der Waals surface area contributed by atoms with E-state index >= 15 is 0 Å². The van der Waals surface area contributed by atoms with Crippen LogP contribution < -0.4 is 10.1 Å². The summed E-state index contributed by atoms with van der Waals surface area (Å²) in [7, 11) is -3.66. The second kappa shape index (κ2) is 9.41. The van der Waals surface area contributed by atoms with Gasteiger partial charge in [-0.1, -0.05) is 37.0 Å². The van der Waals surface area contributed by atoms with E-state index in [2.05, 4.69) is 5.32 Å². The third-order valence-electron chi connectivity index (χ3n) is 3.74.